The summed E-state index contributed by atoms with van der Waals surface area (Å²) in [6.07, 6.45) is 6.24. The summed E-state index contributed by atoms with van der Waals surface area (Å²) < 4.78 is 4.96. The largest absolute Gasteiger partial charge is 0.467 e. The molecule has 1 aromatic heterocycles. The third-order valence-electron chi connectivity index (χ3n) is 6.56. The van der Waals surface area contributed by atoms with E-state index in [0.29, 0.717) is 18.9 Å². The van der Waals surface area contributed by atoms with Crippen LogP contribution >= 0.6 is 11.3 Å². The SMILES string of the molecule is COC(=O)[C@@H]1C[C@H]2CCCC[C@@H]2N1C(=O)CCC(=O)N1CCc2sccc2C1. The van der Waals surface area contributed by atoms with Gasteiger partial charge in [-0.3, -0.25) is 9.59 Å². The Hall–Kier alpha value is -1.89. The molecule has 0 spiro atoms. The number of amides is 2. The van der Waals surface area contributed by atoms with E-state index in [1.807, 2.05) is 4.90 Å². The van der Waals surface area contributed by atoms with Crippen molar-refractivity contribution in [2.24, 2.45) is 5.92 Å². The van der Waals surface area contributed by atoms with Gasteiger partial charge < -0.3 is 14.5 Å². The van der Waals surface area contributed by atoms with Crippen LogP contribution in [0, 0.1) is 5.92 Å². The third-order valence-corrected chi connectivity index (χ3v) is 7.59. The smallest absolute Gasteiger partial charge is 0.328 e. The van der Waals surface area contributed by atoms with Gasteiger partial charge in [0.2, 0.25) is 11.8 Å². The monoisotopic (exact) mass is 404 g/mol. The summed E-state index contributed by atoms with van der Waals surface area (Å²) in [6.45, 7) is 1.37. The number of methoxy groups -OCH3 is 1. The van der Waals surface area contributed by atoms with Gasteiger partial charge in [-0.1, -0.05) is 12.8 Å². The molecule has 0 unspecified atom stereocenters. The Kier molecular flexibility index (Phi) is 5.71. The first-order valence-corrected chi connectivity index (χ1v) is 11.2. The van der Waals surface area contributed by atoms with Crippen LogP contribution in [0.5, 0.6) is 0 Å². The van der Waals surface area contributed by atoms with Crippen molar-refractivity contribution in [1.82, 2.24) is 9.80 Å². The van der Waals surface area contributed by atoms with Crippen LogP contribution in [0.3, 0.4) is 0 Å². The number of esters is 1. The molecule has 0 N–H and O–H groups in total. The fraction of sp³-hybridized carbons (Fsp3) is 0.667. The molecular weight excluding hydrogens is 376 g/mol. The Morgan fingerprint density at radius 1 is 1.18 bits per heavy atom. The summed E-state index contributed by atoms with van der Waals surface area (Å²) in [5.74, 6) is 0.0114. The molecule has 1 saturated heterocycles. The standard InChI is InChI=1S/C21H28N2O4S/c1-27-21(26)17-12-14-4-2-3-5-16(14)23(17)20(25)7-6-19(24)22-10-8-18-15(13-22)9-11-28-18/h9,11,14,16-17H,2-8,10,12-13H2,1H3/t14-,16+,17+/m1/s1. The lowest BCUT2D eigenvalue weighted by molar-refractivity contribution is -0.152. The number of carbonyl (C=O) groups is 3. The van der Waals surface area contributed by atoms with Crippen molar-refractivity contribution in [3.63, 3.8) is 0 Å². The van der Waals surface area contributed by atoms with Gasteiger partial charge in [-0.05, 0) is 48.6 Å². The molecule has 3 aliphatic rings. The van der Waals surface area contributed by atoms with Crippen molar-refractivity contribution < 1.29 is 19.1 Å². The molecule has 152 valence electrons. The number of rotatable bonds is 4. The number of ether oxygens (including phenoxy) is 1. The van der Waals surface area contributed by atoms with Crippen molar-refractivity contribution in [3.8, 4) is 0 Å². The number of hydrogen-bond acceptors (Lipinski definition) is 5. The first-order chi connectivity index (χ1) is 13.6. The third kappa shape index (κ3) is 3.69. The first kappa shape index (κ1) is 19.4. The average molecular weight is 405 g/mol. The van der Waals surface area contributed by atoms with Crippen LogP contribution in [0.4, 0.5) is 0 Å². The van der Waals surface area contributed by atoms with Crippen molar-refractivity contribution in [1.29, 1.82) is 0 Å². The predicted molar refractivity (Wildman–Crippen MR) is 106 cm³/mol. The highest BCUT2D eigenvalue weighted by atomic mass is 32.1. The van der Waals surface area contributed by atoms with Crippen molar-refractivity contribution in [2.75, 3.05) is 13.7 Å². The fourth-order valence-electron chi connectivity index (χ4n) is 5.13. The maximum absolute atomic E-state index is 13.0. The van der Waals surface area contributed by atoms with Gasteiger partial charge in [0.1, 0.15) is 6.04 Å². The summed E-state index contributed by atoms with van der Waals surface area (Å²) in [6, 6.07) is 1.73. The number of likely N-dealkylation sites (tertiary alicyclic amines) is 1. The van der Waals surface area contributed by atoms with Gasteiger partial charge in [-0.25, -0.2) is 4.79 Å². The molecule has 0 aromatic carbocycles. The molecule has 4 rings (SSSR count). The second-order valence-electron chi connectivity index (χ2n) is 8.12. The predicted octanol–water partition coefficient (Wildman–Crippen LogP) is 2.75. The lowest BCUT2D eigenvalue weighted by Crippen LogP contribution is -2.47. The summed E-state index contributed by atoms with van der Waals surface area (Å²) >= 11 is 1.75. The molecule has 3 heterocycles. The lowest BCUT2D eigenvalue weighted by atomic mass is 9.84. The molecule has 0 radical (unpaired) electrons. The Morgan fingerprint density at radius 2 is 1.96 bits per heavy atom. The maximum atomic E-state index is 13.0. The summed E-state index contributed by atoms with van der Waals surface area (Å²) in [7, 11) is 1.38. The van der Waals surface area contributed by atoms with Gasteiger partial charge in [0.05, 0.1) is 7.11 Å². The highest BCUT2D eigenvalue weighted by Gasteiger charge is 2.47. The van der Waals surface area contributed by atoms with Crippen LogP contribution in [0.2, 0.25) is 0 Å². The van der Waals surface area contributed by atoms with Crippen LogP contribution in [0.15, 0.2) is 11.4 Å². The van der Waals surface area contributed by atoms with Crippen molar-refractivity contribution in [3.05, 3.63) is 21.9 Å². The zero-order valence-corrected chi connectivity index (χ0v) is 17.2. The van der Waals surface area contributed by atoms with Crippen LogP contribution < -0.4 is 0 Å². The molecule has 2 aliphatic heterocycles. The van der Waals surface area contributed by atoms with Gasteiger partial charge in [-0.15, -0.1) is 11.3 Å². The maximum Gasteiger partial charge on any atom is 0.328 e. The number of carbonyl (C=O) groups excluding carboxylic acids is 3. The van der Waals surface area contributed by atoms with Gasteiger partial charge in [0.15, 0.2) is 0 Å². The minimum absolute atomic E-state index is 0.0270. The lowest BCUT2D eigenvalue weighted by Gasteiger charge is -2.33. The second-order valence-corrected chi connectivity index (χ2v) is 9.12. The summed E-state index contributed by atoms with van der Waals surface area (Å²) in [5.41, 5.74) is 1.23. The van der Waals surface area contributed by atoms with Gasteiger partial charge in [-0.2, -0.15) is 0 Å². The van der Waals surface area contributed by atoms with E-state index in [4.69, 9.17) is 4.74 Å². The molecule has 1 saturated carbocycles. The fourth-order valence-corrected chi connectivity index (χ4v) is 6.02. The highest BCUT2D eigenvalue weighted by Crippen LogP contribution is 2.40. The molecular formula is C21H28N2O4S. The van der Waals surface area contributed by atoms with E-state index >= 15 is 0 Å². The van der Waals surface area contributed by atoms with Gasteiger partial charge in [0, 0.05) is 36.9 Å². The molecule has 3 atom stereocenters. The van der Waals surface area contributed by atoms with Crippen LogP contribution in [-0.4, -0.2) is 53.3 Å². The molecule has 2 amide bonds. The van der Waals surface area contributed by atoms with Gasteiger partial charge >= 0.3 is 5.97 Å². The summed E-state index contributed by atoms with van der Waals surface area (Å²) in [5, 5.41) is 2.07. The van der Waals surface area contributed by atoms with Crippen LogP contribution in [0.25, 0.3) is 0 Å². The Labute approximate surface area is 169 Å². The number of nitrogens with zero attached hydrogens (tertiary/aromatic N) is 2. The zero-order valence-electron chi connectivity index (χ0n) is 16.4. The van der Waals surface area contributed by atoms with E-state index in [9.17, 15) is 14.4 Å². The average Bonchev–Trinajstić information content (AvgIpc) is 3.34. The van der Waals surface area contributed by atoms with Gasteiger partial charge in [0.25, 0.3) is 0 Å². The first-order valence-electron chi connectivity index (χ1n) is 10.3. The minimum Gasteiger partial charge on any atom is -0.467 e. The molecule has 2 fully saturated rings. The Morgan fingerprint density at radius 3 is 2.79 bits per heavy atom. The second kappa shape index (κ2) is 8.23. The van der Waals surface area contributed by atoms with Crippen molar-refractivity contribution in [2.45, 2.75) is 70.0 Å². The Bertz CT molecular complexity index is 761. The van der Waals surface area contributed by atoms with E-state index in [2.05, 4.69) is 11.4 Å². The Balaban J connectivity index is 1.38. The summed E-state index contributed by atoms with van der Waals surface area (Å²) in [4.78, 5) is 42.9. The quantitative estimate of drug-likeness (QED) is 0.724. The van der Waals surface area contributed by atoms with Crippen LogP contribution in [0.1, 0.15) is 55.4 Å². The van der Waals surface area contributed by atoms with Crippen molar-refractivity contribution >= 4 is 29.1 Å². The highest BCUT2D eigenvalue weighted by molar-refractivity contribution is 7.10. The number of thiophene rings is 1. The van der Waals surface area contributed by atoms with E-state index in [1.165, 1.54) is 17.6 Å². The topological polar surface area (TPSA) is 66.9 Å². The van der Waals surface area contributed by atoms with Crippen LogP contribution in [-0.2, 0) is 32.1 Å². The zero-order chi connectivity index (χ0) is 19.7. The number of fused-ring (bicyclic) bond motifs is 2. The molecule has 6 nitrogen and oxygen atoms in total. The van der Waals surface area contributed by atoms with E-state index in [1.54, 1.807) is 16.2 Å². The molecule has 28 heavy (non-hydrogen) atoms. The number of hydrogen-bond donors (Lipinski definition) is 0. The van der Waals surface area contributed by atoms with E-state index in [-0.39, 0.29) is 36.7 Å². The molecule has 0 bridgehead atoms. The minimum atomic E-state index is -0.482. The molecule has 7 heteroatoms. The molecule has 1 aliphatic carbocycles. The van der Waals surface area contributed by atoms with E-state index in [0.717, 1.165) is 38.6 Å². The normalized spacial score (nSPS) is 26.5. The van der Waals surface area contributed by atoms with E-state index < -0.39 is 6.04 Å². The molecule has 1 aromatic rings.